The fraction of sp³-hybridized carbons (Fsp3) is 0.667. The van der Waals surface area contributed by atoms with Crippen LogP contribution in [0.1, 0.15) is 19.3 Å². The summed E-state index contributed by atoms with van der Waals surface area (Å²) in [5.41, 5.74) is 1.20. The van der Waals surface area contributed by atoms with Gasteiger partial charge in [-0.15, -0.1) is 0 Å². The van der Waals surface area contributed by atoms with Crippen molar-refractivity contribution in [3.63, 3.8) is 0 Å². The Bertz CT molecular complexity index is 498. The smallest absolute Gasteiger partial charge is 0.175 e. The first-order valence-corrected chi connectivity index (χ1v) is 8.01. The van der Waals surface area contributed by atoms with Gasteiger partial charge in [0.15, 0.2) is 5.78 Å². The Morgan fingerprint density at radius 1 is 1.32 bits per heavy atom. The van der Waals surface area contributed by atoms with Gasteiger partial charge < -0.3 is 10.0 Å². The molecule has 3 nitrogen and oxygen atoms in total. The Hall–Kier alpha value is -0.610. The highest BCUT2D eigenvalue weighted by atomic mass is 79.9. The number of carbonyl (C=O) groups excluding carboxylic acids is 1. The lowest BCUT2D eigenvalue weighted by Crippen LogP contribution is -2.35. The minimum absolute atomic E-state index is 0.166. The third-order valence-electron chi connectivity index (χ3n) is 5.42. The second-order valence-electron chi connectivity index (χ2n) is 6.24. The fourth-order valence-corrected chi connectivity index (χ4v) is 5.39. The van der Waals surface area contributed by atoms with E-state index in [2.05, 4.69) is 33.0 Å². The minimum Gasteiger partial charge on any atom is -0.394 e. The third kappa shape index (κ3) is 1.50. The number of aliphatic hydroxyl groups is 1. The van der Waals surface area contributed by atoms with Crippen LogP contribution in [0.25, 0.3) is 0 Å². The van der Waals surface area contributed by atoms with E-state index in [0.717, 1.165) is 30.3 Å². The molecule has 1 saturated heterocycles. The van der Waals surface area contributed by atoms with Crippen molar-refractivity contribution in [2.24, 2.45) is 23.7 Å². The van der Waals surface area contributed by atoms with Crippen molar-refractivity contribution < 1.29 is 9.90 Å². The van der Waals surface area contributed by atoms with Crippen LogP contribution in [0.15, 0.2) is 22.3 Å². The first-order chi connectivity index (χ1) is 9.22. The van der Waals surface area contributed by atoms with Crippen molar-refractivity contribution in [2.45, 2.75) is 25.3 Å². The molecule has 1 aliphatic heterocycles. The lowest BCUT2D eigenvalue weighted by molar-refractivity contribution is -0.119. The van der Waals surface area contributed by atoms with E-state index in [9.17, 15) is 9.90 Å². The van der Waals surface area contributed by atoms with Gasteiger partial charge in [-0.2, -0.15) is 0 Å². The Balaban J connectivity index is 1.74. The summed E-state index contributed by atoms with van der Waals surface area (Å²) >= 11 is 3.55. The molecule has 3 aliphatic carbocycles. The van der Waals surface area contributed by atoms with Crippen molar-refractivity contribution in [1.82, 2.24) is 4.90 Å². The summed E-state index contributed by atoms with van der Waals surface area (Å²) in [7, 11) is 0. The number of Topliss-reactive ketones (excluding diaryl/α,β-unsaturated/α-hetero) is 1. The van der Waals surface area contributed by atoms with Crippen LogP contribution in [0.5, 0.6) is 0 Å². The van der Waals surface area contributed by atoms with Crippen molar-refractivity contribution >= 4 is 21.7 Å². The maximum Gasteiger partial charge on any atom is 0.175 e. The first-order valence-electron chi connectivity index (χ1n) is 7.22. The Labute approximate surface area is 121 Å². The average molecular weight is 324 g/mol. The number of hydrogen-bond acceptors (Lipinski definition) is 3. The van der Waals surface area contributed by atoms with Crippen molar-refractivity contribution in [3.8, 4) is 0 Å². The lowest BCUT2D eigenvalue weighted by atomic mass is 9.83. The molecule has 0 amide bonds. The number of hydrogen-bond donors (Lipinski definition) is 1. The summed E-state index contributed by atoms with van der Waals surface area (Å²) in [6, 6.07) is 0.206. The number of ketones is 1. The van der Waals surface area contributed by atoms with Gasteiger partial charge >= 0.3 is 0 Å². The van der Waals surface area contributed by atoms with Gasteiger partial charge in [0.2, 0.25) is 0 Å². The van der Waals surface area contributed by atoms with Crippen LogP contribution in [-0.2, 0) is 4.79 Å². The lowest BCUT2D eigenvalue weighted by Gasteiger charge is -2.33. The van der Waals surface area contributed by atoms with Gasteiger partial charge in [-0.25, -0.2) is 0 Å². The summed E-state index contributed by atoms with van der Waals surface area (Å²) in [4.78, 5) is 14.8. The Morgan fingerprint density at radius 2 is 2.05 bits per heavy atom. The number of rotatable bonds is 2. The second kappa shape index (κ2) is 4.19. The van der Waals surface area contributed by atoms with Gasteiger partial charge in [-0.1, -0.05) is 12.2 Å². The molecular weight excluding hydrogens is 306 g/mol. The molecule has 4 heteroatoms. The number of fused-ring (bicyclic) bond motifs is 5. The van der Waals surface area contributed by atoms with E-state index in [1.54, 1.807) is 0 Å². The molecule has 19 heavy (non-hydrogen) atoms. The molecule has 1 heterocycles. The summed E-state index contributed by atoms with van der Waals surface area (Å²) < 4.78 is 0.793. The molecule has 102 valence electrons. The number of likely N-dealkylation sites (tertiary alicyclic amines) is 1. The highest BCUT2D eigenvalue weighted by molar-refractivity contribution is 9.12. The molecule has 2 fully saturated rings. The molecule has 5 unspecified atom stereocenters. The topological polar surface area (TPSA) is 40.5 Å². The molecule has 1 saturated carbocycles. The summed E-state index contributed by atoms with van der Waals surface area (Å²) in [5, 5.41) is 9.54. The zero-order chi connectivity index (χ0) is 13.1. The van der Waals surface area contributed by atoms with Crippen LogP contribution < -0.4 is 0 Å². The van der Waals surface area contributed by atoms with Crippen molar-refractivity contribution in [3.05, 3.63) is 22.3 Å². The van der Waals surface area contributed by atoms with E-state index in [1.807, 2.05) is 0 Å². The number of halogens is 1. The van der Waals surface area contributed by atoms with Crippen LogP contribution in [0.3, 0.4) is 0 Å². The van der Waals surface area contributed by atoms with Crippen LogP contribution in [0, 0.1) is 23.7 Å². The normalized spacial score (nSPS) is 43.8. The van der Waals surface area contributed by atoms with Crippen molar-refractivity contribution in [2.75, 3.05) is 13.2 Å². The highest BCUT2D eigenvalue weighted by Gasteiger charge is 2.56. The maximum absolute atomic E-state index is 12.5. The number of aliphatic hydroxyl groups excluding tert-OH is 1. The second-order valence-corrected chi connectivity index (χ2v) is 7.03. The van der Waals surface area contributed by atoms with Gasteiger partial charge in [-0.3, -0.25) is 4.79 Å². The molecule has 4 rings (SSSR count). The molecule has 0 spiro atoms. The number of nitrogens with zero attached hydrogens (tertiary/aromatic N) is 1. The van der Waals surface area contributed by atoms with Gasteiger partial charge in [0, 0.05) is 24.1 Å². The van der Waals surface area contributed by atoms with E-state index in [1.165, 1.54) is 5.70 Å². The van der Waals surface area contributed by atoms with Gasteiger partial charge in [0.05, 0.1) is 17.1 Å². The zero-order valence-electron chi connectivity index (χ0n) is 10.8. The zero-order valence-corrected chi connectivity index (χ0v) is 12.3. The monoisotopic (exact) mass is 323 g/mol. The standard InChI is InChI=1S/C15H18BrNO2/c16-13-14(17-5-1-2-10(17)7-18)11-8-3-4-9(6-8)12(11)15(13)19/h3-4,8-12,18H,1-2,5-7H2. The van der Waals surface area contributed by atoms with Crippen molar-refractivity contribution in [1.29, 1.82) is 0 Å². The maximum atomic E-state index is 12.5. The summed E-state index contributed by atoms with van der Waals surface area (Å²) in [6.45, 7) is 1.17. The predicted molar refractivity (Wildman–Crippen MR) is 75.5 cm³/mol. The van der Waals surface area contributed by atoms with Crippen LogP contribution >= 0.6 is 15.9 Å². The summed E-state index contributed by atoms with van der Waals surface area (Å²) in [6.07, 6.45) is 7.83. The fourth-order valence-electron chi connectivity index (χ4n) is 4.63. The molecule has 2 bridgehead atoms. The Morgan fingerprint density at radius 3 is 2.79 bits per heavy atom. The number of carbonyl (C=O) groups is 1. The minimum atomic E-state index is 0.166. The predicted octanol–water partition coefficient (Wildman–Crippen LogP) is 2.07. The van der Waals surface area contributed by atoms with Crippen LogP contribution in [0.2, 0.25) is 0 Å². The van der Waals surface area contributed by atoms with Gasteiger partial charge in [0.1, 0.15) is 0 Å². The van der Waals surface area contributed by atoms with Crippen LogP contribution in [-0.4, -0.2) is 35.0 Å². The molecule has 0 aromatic heterocycles. The van der Waals surface area contributed by atoms with E-state index in [0.29, 0.717) is 23.5 Å². The van der Waals surface area contributed by atoms with E-state index in [-0.39, 0.29) is 18.6 Å². The molecule has 0 aromatic rings. The highest BCUT2D eigenvalue weighted by Crippen LogP contribution is 2.58. The quantitative estimate of drug-likeness (QED) is 0.791. The van der Waals surface area contributed by atoms with Gasteiger partial charge in [-0.05, 0) is 47.0 Å². The first kappa shape index (κ1) is 12.2. The summed E-state index contributed by atoms with van der Waals surface area (Å²) in [5.74, 6) is 1.80. The average Bonchev–Trinajstić information content (AvgIpc) is 3.14. The SMILES string of the molecule is O=C1C(Br)=C(N2CCCC2CO)C2C3C=CC(C3)C12. The van der Waals surface area contributed by atoms with Gasteiger partial charge in [0.25, 0.3) is 0 Å². The molecule has 5 atom stereocenters. The molecule has 1 N–H and O–H groups in total. The molecule has 0 radical (unpaired) electrons. The number of allylic oxidation sites excluding steroid dienone is 4. The van der Waals surface area contributed by atoms with E-state index >= 15 is 0 Å². The largest absolute Gasteiger partial charge is 0.394 e. The van der Waals surface area contributed by atoms with E-state index in [4.69, 9.17) is 0 Å². The Kier molecular flexibility index (Phi) is 2.68. The third-order valence-corrected chi connectivity index (χ3v) is 6.21. The molecule has 0 aromatic carbocycles. The molecule has 4 aliphatic rings. The van der Waals surface area contributed by atoms with E-state index < -0.39 is 0 Å². The molecular formula is C15H18BrNO2. The van der Waals surface area contributed by atoms with Crippen LogP contribution in [0.4, 0.5) is 0 Å².